The first kappa shape index (κ1) is 14.8. The molecule has 4 unspecified atom stereocenters. The fraction of sp³-hybridized carbons (Fsp3) is 0.867. The Morgan fingerprint density at radius 1 is 1.10 bits per heavy atom. The van der Waals surface area contributed by atoms with Crippen molar-refractivity contribution in [2.75, 3.05) is 26.7 Å². The number of ether oxygens (including phenoxy) is 1. The maximum atomic E-state index is 12.5. The number of likely N-dealkylation sites (tertiary alicyclic amines) is 2. The standard InChI is InChI=1S/C15H24N2O4/c1-16-7-2-3-10-9-17(8-6-11(10)16)14(18)12-4-5-13(21-12)15(19)20/h10-13H,2-9H2,1H3,(H,19,20). The zero-order valence-electron chi connectivity index (χ0n) is 12.5. The third kappa shape index (κ3) is 2.92. The SMILES string of the molecule is CN1CCCC2CN(C(=O)C3CCC(C(=O)O)O3)CCC21. The van der Waals surface area contributed by atoms with E-state index in [-0.39, 0.29) is 5.91 Å². The Hall–Kier alpha value is -1.14. The summed E-state index contributed by atoms with van der Waals surface area (Å²) in [5, 5.41) is 8.95. The summed E-state index contributed by atoms with van der Waals surface area (Å²) in [4.78, 5) is 27.8. The van der Waals surface area contributed by atoms with Crippen molar-refractivity contribution in [3.8, 4) is 0 Å². The molecule has 3 fully saturated rings. The number of fused-ring (bicyclic) bond motifs is 1. The van der Waals surface area contributed by atoms with Gasteiger partial charge >= 0.3 is 5.97 Å². The lowest BCUT2D eigenvalue weighted by molar-refractivity contribution is -0.156. The molecule has 0 aromatic rings. The van der Waals surface area contributed by atoms with Gasteiger partial charge in [0.1, 0.15) is 6.10 Å². The minimum Gasteiger partial charge on any atom is -0.479 e. The van der Waals surface area contributed by atoms with Gasteiger partial charge in [-0.3, -0.25) is 4.79 Å². The lowest BCUT2D eigenvalue weighted by Gasteiger charge is -2.46. The van der Waals surface area contributed by atoms with Crippen LogP contribution in [0.1, 0.15) is 32.1 Å². The zero-order chi connectivity index (χ0) is 15.0. The van der Waals surface area contributed by atoms with Gasteiger partial charge in [0.15, 0.2) is 6.10 Å². The van der Waals surface area contributed by atoms with E-state index in [9.17, 15) is 9.59 Å². The van der Waals surface area contributed by atoms with E-state index in [2.05, 4.69) is 11.9 Å². The Labute approximate surface area is 125 Å². The molecule has 0 aromatic carbocycles. The normalized spacial score (nSPS) is 37.3. The number of aliphatic carboxylic acids is 1. The molecule has 4 atom stereocenters. The summed E-state index contributed by atoms with van der Waals surface area (Å²) in [6.45, 7) is 2.72. The molecule has 0 bridgehead atoms. The smallest absolute Gasteiger partial charge is 0.332 e. The molecule has 3 saturated heterocycles. The number of rotatable bonds is 2. The Bertz CT molecular complexity index is 428. The van der Waals surface area contributed by atoms with Crippen molar-refractivity contribution >= 4 is 11.9 Å². The fourth-order valence-corrected chi connectivity index (χ4v) is 4.06. The van der Waals surface area contributed by atoms with Gasteiger partial charge in [-0.15, -0.1) is 0 Å². The predicted octanol–water partition coefficient (Wildman–Crippen LogP) is 0.561. The molecule has 0 spiro atoms. The zero-order valence-corrected chi connectivity index (χ0v) is 12.5. The lowest BCUT2D eigenvalue weighted by Crippen LogP contribution is -2.55. The molecule has 0 aromatic heterocycles. The quantitative estimate of drug-likeness (QED) is 0.806. The van der Waals surface area contributed by atoms with E-state index < -0.39 is 18.2 Å². The van der Waals surface area contributed by atoms with E-state index in [4.69, 9.17) is 9.84 Å². The van der Waals surface area contributed by atoms with E-state index in [1.807, 2.05) is 4.90 Å². The van der Waals surface area contributed by atoms with Crippen LogP contribution in [0.4, 0.5) is 0 Å². The summed E-state index contributed by atoms with van der Waals surface area (Å²) >= 11 is 0. The molecular weight excluding hydrogens is 272 g/mol. The highest BCUT2D eigenvalue weighted by Gasteiger charge is 2.40. The maximum Gasteiger partial charge on any atom is 0.332 e. The minimum absolute atomic E-state index is 0.00886. The van der Waals surface area contributed by atoms with Crippen LogP contribution >= 0.6 is 0 Å². The number of carbonyl (C=O) groups is 2. The molecule has 3 aliphatic heterocycles. The minimum atomic E-state index is -0.960. The number of nitrogens with zero attached hydrogens (tertiary/aromatic N) is 2. The second-order valence-corrected chi connectivity index (χ2v) is 6.55. The van der Waals surface area contributed by atoms with Crippen LogP contribution in [0.2, 0.25) is 0 Å². The van der Waals surface area contributed by atoms with Crippen LogP contribution in [-0.2, 0) is 14.3 Å². The summed E-state index contributed by atoms with van der Waals surface area (Å²) in [5.41, 5.74) is 0. The summed E-state index contributed by atoms with van der Waals surface area (Å²) < 4.78 is 5.39. The first-order chi connectivity index (χ1) is 10.1. The number of carbonyl (C=O) groups excluding carboxylic acids is 1. The highest BCUT2D eigenvalue weighted by molar-refractivity contribution is 5.82. The molecular formula is C15H24N2O4. The third-order valence-corrected chi connectivity index (χ3v) is 5.23. The molecule has 21 heavy (non-hydrogen) atoms. The molecule has 118 valence electrons. The van der Waals surface area contributed by atoms with Crippen molar-refractivity contribution < 1.29 is 19.4 Å². The lowest BCUT2D eigenvalue weighted by atomic mass is 9.84. The number of amides is 1. The molecule has 0 aliphatic carbocycles. The molecule has 0 saturated carbocycles. The number of carboxylic acid groups (broad SMARTS) is 1. The number of piperidine rings is 2. The van der Waals surface area contributed by atoms with Crippen LogP contribution in [0.25, 0.3) is 0 Å². The Kier molecular flexibility index (Phi) is 4.17. The highest BCUT2D eigenvalue weighted by Crippen LogP contribution is 2.31. The van der Waals surface area contributed by atoms with Gasteiger partial charge in [-0.05, 0) is 51.6 Å². The average molecular weight is 296 g/mol. The molecule has 0 radical (unpaired) electrons. The first-order valence-corrected chi connectivity index (χ1v) is 7.93. The maximum absolute atomic E-state index is 12.5. The topological polar surface area (TPSA) is 70.1 Å². The number of hydrogen-bond acceptors (Lipinski definition) is 4. The van der Waals surface area contributed by atoms with Crippen LogP contribution in [0.15, 0.2) is 0 Å². The van der Waals surface area contributed by atoms with E-state index in [1.54, 1.807) is 0 Å². The molecule has 6 nitrogen and oxygen atoms in total. The van der Waals surface area contributed by atoms with Gasteiger partial charge in [-0.1, -0.05) is 0 Å². The van der Waals surface area contributed by atoms with E-state index >= 15 is 0 Å². The average Bonchev–Trinajstić information content (AvgIpc) is 2.96. The van der Waals surface area contributed by atoms with Crippen molar-refractivity contribution in [1.82, 2.24) is 9.80 Å². The molecule has 3 aliphatic rings. The van der Waals surface area contributed by atoms with Crippen molar-refractivity contribution in [2.45, 2.75) is 50.4 Å². The van der Waals surface area contributed by atoms with Crippen molar-refractivity contribution in [2.24, 2.45) is 5.92 Å². The third-order valence-electron chi connectivity index (χ3n) is 5.23. The van der Waals surface area contributed by atoms with Gasteiger partial charge in [0.25, 0.3) is 5.91 Å². The van der Waals surface area contributed by atoms with Crippen LogP contribution < -0.4 is 0 Å². The summed E-state index contributed by atoms with van der Waals surface area (Å²) in [6.07, 6.45) is 3.00. The number of carboxylic acids is 1. The van der Waals surface area contributed by atoms with Crippen molar-refractivity contribution in [3.05, 3.63) is 0 Å². The van der Waals surface area contributed by atoms with Crippen molar-refractivity contribution in [3.63, 3.8) is 0 Å². The van der Waals surface area contributed by atoms with E-state index in [0.717, 1.165) is 26.1 Å². The van der Waals surface area contributed by atoms with Gasteiger partial charge in [0, 0.05) is 19.1 Å². The van der Waals surface area contributed by atoms with Crippen LogP contribution in [0, 0.1) is 5.92 Å². The summed E-state index contributed by atoms with van der Waals surface area (Å²) in [7, 11) is 2.17. The Morgan fingerprint density at radius 2 is 1.86 bits per heavy atom. The molecule has 1 amide bonds. The van der Waals surface area contributed by atoms with Crippen LogP contribution in [0.3, 0.4) is 0 Å². The molecule has 6 heteroatoms. The van der Waals surface area contributed by atoms with Crippen molar-refractivity contribution in [1.29, 1.82) is 0 Å². The Balaban J connectivity index is 1.58. The molecule has 3 rings (SSSR count). The van der Waals surface area contributed by atoms with Gasteiger partial charge in [0.2, 0.25) is 0 Å². The summed E-state index contributed by atoms with van der Waals surface area (Å²) in [5.74, 6) is -0.415. The monoisotopic (exact) mass is 296 g/mol. The largest absolute Gasteiger partial charge is 0.479 e. The first-order valence-electron chi connectivity index (χ1n) is 7.93. The van der Waals surface area contributed by atoms with Gasteiger partial charge in [0.05, 0.1) is 0 Å². The van der Waals surface area contributed by atoms with Crippen LogP contribution in [0.5, 0.6) is 0 Å². The highest BCUT2D eigenvalue weighted by atomic mass is 16.5. The van der Waals surface area contributed by atoms with Gasteiger partial charge in [-0.25, -0.2) is 4.79 Å². The van der Waals surface area contributed by atoms with E-state index in [0.29, 0.717) is 24.8 Å². The second kappa shape index (κ2) is 5.93. The number of hydrogen-bond donors (Lipinski definition) is 1. The van der Waals surface area contributed by atoms with Gasteiger partial charge in [-0.2, -0.15) is 0 Å². The molecule has 1 N–H and O–H groups in total. The second-order valence-electron chi connectivity index (χ2n) is 6.55. The predicted molar refractivity (Wildman–Crippen MR) is 75.9 cm³/mol. The van der Waals surface area contributed by atoms with Crippen LogP contribution in [-0.4, -0.2) is 71.7 Å². The Morgan fingerprint density at radius 3 is 2.57 bits per heavy atom. The van der Waals surface area contributed by atoms with Gasteiger partial charge < -0.3 is 19.6 Å². The summed E-state index contributed by atoms with van der Waals surface area (Å²) in [6, 6.07) is 0.596. The van der Waals surface area contributed by atoms with E-state index in [1.165, 1.54) is 12.8 Å². The fourth-order valence-electron chi connectivity index (χ4n) is 4.06. The molecule has 3 heterocycles.